The Morgan fingerprint density at radius 2 is 1.43 bits per heavy atom. The van der Waals surface area contributed by atoms with Crippen molar-refractivity contribution >= 4 is 49.2 Å². The molecule has 4 aromatic rings. The van der Waals surface area contributed by atoms with Crippen molar-refractivity contribution in [1.29, 1.82) is 10.5 Å². The van der Waals surface area contributed by atoms with Gasteiger partial charge in [0.1, 0.15) is 11.8 Å². The Morgan fingerprint density at radius 3 is 2.00 bits per heavy atom. The highest BCUT2D eigenvalue weighted by Crippen LogP contribution is 2.63. The van der Waals surface area contributed by atoms with E-state index in [1.165, 1.54) is 0 Å². The number of hydrogen-bond donors (Lipinski definition) is 0. The Bertz CT molecular complexity index is 1970. The molecule has 1 spiro atoms. The monoisotopic (exact) mass is 723 g/mol. The minimum atomic E-state index is -1.02. The summed E-state index contributed by atoms with van der Waals surface area (Å²) in [4.78, 5) is 2.01. The Balaban J connectivity index is 1.67. The molecule has 0 N–H and O–H groups in total. The van der Waals surface area contributed by atoms with Crippen LogP contribution in [0.15, 0.2) is 99.1 Å². The van der Waals surface area contributed by atoms with Gasteiger partial charge in [-0.15, -0.1) is 0 Å². The van der Waals surface area contributed by atoms with Crippen molar-refractivity contribution < 1.29 is 9.47 Å². The first kappa shape index (κ1) is 28.7. The van der Waals surface area contributed by atoms with Gasteiger partial charge >= 0.3 is 0 Å². The predicted molar refractivity (Wildman–Crippen MR) is 178 cm³/mol. The van der Waals surface area contributed by atoms with Gasteiger partial charge in [0.2, 0.25) is 0 Å². The second-order valence-electron chi connectivity index (χ2n) is 11.0. The normalized spacial score (nSPS) is 17.4. The SMILES string of the molecule is COc1cc2c(cc1OC)C1=C[C@H](c3ccc(Cl)cc3)C3(C(C#N)=C(C#N)N1CC2)c1cc(Br)ccc1-c1ccc(Br)cc13. The third kappa shape index (κ3) is 4.07. The van der Waals surface area contributed by atoms with E-state index in [4.69, 9.17) is 21.1 Å². The number of hydrogen-bond acceptors (Lipinski definition) is 5. The van der Waals surface area contributed by atoms with Gasteiger partial charge in [0, 0.05) is 37.7 Å². The van der Waals surface area contributed by atoms with E-state index in [1.54, 1.807) is 14.2 Å². The molecule has 44 heavy (non-hydrogen) atoms. The number of allylic oxidation sites excluding steroid dienone is 3. The minimum Gasteiger partial charge on any atom is -0.493 e. The van der Waals surface area contributed by atoms with Gasteiger partial charge in [-0.3, -0.25) is 0 Å². The molecular formula is C36H24Br2ClN3O2. The van der Waals surface area contributed by atoms with Crippen LogP contribution in [0, 0.1) is 22.7 Å². The molecule has 5 nitrogen and oxygen atoms in total. The molecule has 8 heteroatoms. The zero-order valence-electron chi connectivity index (χ0n) is 23.8. The quantitative estimate of drug-likeness (QED) is 0.211. The van der Waals surface area contributed by atoms with Crippen molar-refractivity contribution in [1.82, 2.24) is 4.90 Å². The maximum absolute atomic E-state index is 11.2. The zero-order chi connectivity index (χ0) is 30.7. The lowest BCUT2D eigenvalue weighted by Crippen LogP contribution is -2.35. The van der Waals surface area contributed by atoms with E-state index in [1.807, 2.05) is 53.4 Å². The lowest BCUT2D eigenvalue weighted by atomic mass is 9.61. The molecule has 0 unspecified atom stereocenters. The average molecular weight is 726 g/mol. The minimum absolute atomic E-state index is 0.342. The zero-order valence-corrected chi connectivity index (χ0v) is 27.7. The number of methoxy groups -OCH3 is 2. The fourth-order valence-corrected chi connectivity index (χ4v) is 8.06. The Kier molecular flexibility index (Phi) is 7.09. The second kappa shape index (κ2) is 10.9. The van der Waals surface area contributed by atoms with Crippen LogP contribution in [0.1, 0.15) is 33.7 Å². The van der Waals surface area contributed by atoms with Crippen molar-refractivity contribution in [2.75, 3.05) is 20.8 Å². The smallest absolute Gasteiger partial charge is 0.161 e. The Morgan fingerprint density at radius 1 is 0.818 bits per heavy atom. The molecule has 0 radical (unpaired) electrons. The molecule has 0 amide bonds. The number of fused-ring (bicyclic) bond motifs is 8. The van der Waals surface area contributed by atoms with E-state index in [2.05, 4.69) is 74.3 Å². The maximum Gasteiger partial charge on any atom is 0.161 e. The van der Waals surface area contributed by atoms with Gasteiger partial charge in [0.15, 0.2) is 11.5 Å². The van der Waals surface area contributed by atoms with Crippen LogP contribution in [-0.2, 0) is 11.8 Å². The fourth-order valence-electron chi connectivity index (χ4n) is 7.21. The van der Waals surface area contributed by atoms with Gasteiger partial charge in [-0.1, -0.05) is 73.8 Å². The van der Waals surface area contributed by atoms with E-state index < -0.39 is 5.41 Å². The predicted octanol–water partition coefficient (Wildman–Crippen LogP) is 9.15. The number of rotatable bonds is 3. The summed E-state index contributed by atoms with van der Waals surface area (Å²) < 4.78 is 13.1. The number of ether oxygens (including phenoxy) is 2. The van der Waals surface area contributed by atoms with Crippen LogP contribution in [0.4, 0.5) is 0 Å². The van der Waals surface area contributed by atoms with Crippen LogP contribution in [0.5, 0.6) is 11.5 Å². The number of benzene rings is 4. The van der Waals surface area contributed by atoms with Crippen LogP contribution in [0.3, 0.4) is 0 Å². The summed E-state index contributed by atoms with van der Waals surface area (Å²) in [6.45, 7) is 0.530. The first-order valence-electron chi connectivity index (χ1n) is 14.0. The summed E-state index contributed by atoms with van der Waals surface area (Å²) in [7, 11) is 3.25. The third-order valence-corrected chi connectivity index (χ3v) is 10.3. The summed E-state index contributed by atoms with van der Waals surface area (Å²) in [5, 5.41) is 22.7. The molecule has 2 heterocycles. The molecule has 0 bridgehead atoms. The van der Waals surface area contributed by atoms with Gasteiger partial charge in [-0.2, -0.15) is 10.5 Å². The fraction of sp³-hybridized carbons (Fsp3) is 0.167. The van der Waals surface area contributed by atoms with Gasteiger partial charge in [0.25, 0.3) is 0 Å². The van der Waals surface area contributed by atoms with Gasteiger partial charge < -0.3 is 14.4 Å². The summed E-state index contributed by atoms with van der Waals surface area (Å²) >= 11 is 13.9. The third-order valence-electron chi connectivity index (χ3n) is 9.02. The Hall–Kier alpha value is -4.01. The second-order valence-corrected chi connectivity index (χ2v) is 13.2. The van der Waals surface area contributed by atoms with Crippen molar-refractivity contribution in [3.8, 4) is 34.8 Å². The van der Waals surface area contributed by atoms with Crippen LogP contribution in [0.25, 0.3) is 16.8 Å². The van der Waals surface area contributed by atoms with Crippen LogP contribution >= 0.6 is 43.5 Å². The van der Waals surface area contributed by atoms with Gasteiger partial charge in [-0.05, 0) is 88.3 Å². The molecule has 1 atom stereocenters. The van der Waals surface area contributed by atoms with Crippen molar-refractivity contribution in [3.63, 3.8) is 0 Å². The summed E-state index contributed by atoms with van der Waals surface area (Å²) in [6, 6.07) is 29.3. The molecular weight excluding hydrogens is 702 g/mol. The molecule has 7 rings (SSSR count). The van der Waals surface area contributed by atoms with Gasteiger partial charge in [0.05, 0.1) is 31.3 Å². The largest absolute Gasteiger partial charge is 0.493 e. The molecule has 4 aromatic carbocycles. The molecule has 0 aromatic heterocycles. The molecule has 1 aliphatic carbocycles. The first-order valence-corrected chi connectivity index (χ1v) is 16.0. The van der Waals surface area contributed by atoms with Crippen molar-refractivity contribution in [2.45, 2.75) is 17.8 Å². The number of halogens is 3. The number of nitrogens with zero attached hydrogens (tertiary/aromatic N) is 3. The van der Waals surface area contributed by atoms with E-state index >= 15 is 0 Å². The lowest BCUT2D eigenvalue weighted by Gasteiger charge is -2.38. The molecule has 216 valence electrons. The van der Waals surface area contributed by atoms with Crippen LogP contribution < -0.4 is 9.47 Å². The topological polar surface area (TPSA) is 69.3 Å². The standard InChI is InChI=1S/C36H24Br2ClN3O2/c1-43-34-13-21-11-12-42-32(27(21)16-35(34)44-2)17-28(20-3-7-24(39)8-4-20)36(31(18-40)33(42)19-41)29-14-22(37)5-9-25(29)26-10-6-23(38)15-30(26)36/h3-10,13-17,28H,11-12H2,1-2H3/t28-/m1/s1. The first-order chi connectivity index (χ1) is 21.3. The summed E-state index contributed by atoms with van der Waals surface area (Å²) in [5.41, 5.74) is 7.58. The maximum atomic E-state index is 11.2. The van der Waals surface area contributed by atoms with Crippen molar-refractivity contribution in [2.24, 2.45) is 0 Å². The van der Waals surface area contributed by atoms with Crippen LogP contribution in [-0.4, -0.2) is 25.7 Å². The Labute approximate surface area is 277 Å². The summed E-state index contributed by atoms with van der Waals surface area (Å²) in [5.74, 6) is 0.866. The lowest BCUT2D eigenvalue weighted by molar-refractivity contribution is 0.353. The van der Waals surface area contributed by atoms with E-state index in [-0.39, 0.29) is 5.92 Å². The highest BCUT2D eigenvalue weighted by atomic mass is 79.9. The highest BCUT2D eigenvalue weighted by molar-refractivity contribution is 9.10. The van der Waals surface area contributed by atoms with Crippen molar-refractivity contribution in [3.05, 3.63) is 132 Å². The van der Waals surface area contributed by atoms with E-state index in [0.29, 0.717) is 40.8 Å². The molecule has 3 aliphatic rings. The average Bonchev–Trinajstić information content (AvgIpc) is 3.22. The highest BCUT2D eigenvalue weighted by Gasteiger charge is 2.55. The number of nitriles is 2. The molecule has 0 saturated heterocycles. The van der Waals surface area contributed by atoms with E-state index in [9.17, 15) is 10.5 Å². The van der Waals surface area contributed by atoms with Crippen LogP contribution in [0.2, 0.25) is 5.02 Å². The molecule has 2 aliphatic heterocycles. The van der Waals surface area contributed by atoms with Gasteiger partial charge in [-0.25, -0.2) is 0 Å². The summed E-state index contributed by atoms with van der Waals surface area (Å²) in [6.07, 6.45) is 2.90. The molecule has 0 saturated carbocycles. The molecule has 0 fully saturated rings. The van der Waals surface area contributed by atoms with E-state index in [0.717, 1.165) is 53.6 Å².